The summed E-state index contributed by atoms with van der Waals surface area (Å²) in [6.07, 6.45) is 36.1. The third-order valence-electron chi connectivity index (χ3n) is 8.02. The summed E-state index contributed by atoms with van der Waals surface area (Å²) in [7, 11) is -2.65. The Balaban J connectivity index is 4.31. The zero-order chi connectivity index (χ0) is 36.1. The highest BCUT2D eigenvalue weighted by atomic mass is 31.2. The Morgan fingerprint density at radius 2 is 1.16 bits per heavy atom. The number of esters is 2. The van der Waals surface area contributed by atoms with Crippen LogP contribution < -0.4 is 5.32 Å². The first kappa shape index (κ1) is 47.2. The number of ether oxygens (including phenoxy) is 2. The third-order valence-corrected chi connectivity index (χ3v) is 9.01. The van der Waals surface area contributed by atoms with Crippen LogP contribution >= 0.6 is 7.82 Å². The summed E-state index contributed by atoms with van der Waals surface area (Å²) in [4.78, 5) is 34.9. The molecule has 0 aromatic heterocycles. The summed E-state index contributed by atoms with van der Waals surface area (Å²) >= 11 is 0. The summed E-state index contributed by atoms with van der Waals surface area (Å²) in [5.74, 6) is -0.827. The molecule has 0 aromatic rings. The van der Waals surface area contributed by atoms with Crippen LogP contribution in [-0.2, 0) is 32.7 Å². The van der Waals surface area contributed by atoms with Gasteiger partial charge in [0.25, 0.3) is 0 Å². The van der Waals surface area contributed by atoms with Gasteiger partial charge in [0.1, 0.15) is 6.61 Å². The molecular weight excluding hydrogens is 641 g/mol. The Bertz CT molecular complexity index is 907. The van der Waals surface area contributed by atoms with E-state index < -0.39 is 26.5 Å². The standard InChI is InChI=1S/C39H72NO8P/c1-4-6-8-10-12-14-16-18-19-20-22-24-26-28-30-32-39(42)48-37(36-47-49(43,44)46-34-33-40-3)35-45-38(41)31-29-27-25-23-21-17-15-13-11-9-7-5-2/h6,8,12,14,18-19,37,40H,4-5,7,9-11,13,15-17,20-36H2,1-3H3,(H,43,44)/b8-6-,14-12-,19-18-. The molecule has 2 unspecified atom stereocenters. The van der Waals surface area contributed by atoms with E-state index in [2.05, 4.69) is 55.6 Å². The van der Waals surface area contributed by atoms with Crippen LogP contribution in [0.2, 0.25) is 0 Å². The molecule has 0 bridgehead atoms. The van der Waals surface area contributed by atoms with E-state index in [-0.39, 0.29) is 32.0 Å². The SMILES string of the molecule is CC/C=C\C/C=C\C/C=C\CCCCCCCC(=O)OC(COC(=O)CCCCCCCCCCCCCC)COP(=O)(O)OCCNC. The summed E-state index contributed by atoms with van der Waals surface area (Å²) in [6, 6.07) is 0. The predicted octanol–water partition coefficient (Wildman–Crippen LogP) is 10.5. The number of phosphoric acid groups is 1. The van der Waals surface area contributed by atoms with Gasteiger partial charge in [-0.05, 0) is 52.0 Å². The molecule has 2 atom stereocenters. The molecule has 49 heavy (non-hydrogen) atoms. The fourth-order valence-corrected chi connectivity index (χ4v) is 5.85. The molecule has 10 heteroatoms. The van der Waals surface area contributed by atoms with E-state index in [1.165, 1.54) is 57.8 Å². The van der Waals surface area contributed by atoms with Gasteiger partial charge in [-0.1, -0.05) is 140 Å². The lowest BCUT2D eigenvalue weighted by molar-refractivity contribution is -0.161. The smallest absolute Gasteiger partial charge is 0.462 e. The second-order valence-electron chi connectivity index (χ2n) is 12.7. The van der Waals surface area contributed by atoms with Crippen LogP contribution in [0.5, 0.6) is 0 Å². The number of likely N-dealkylation sites (N-methyl/N-ethyl adjacent to an activating group) is 1. The number of phosphoric ester groups is 1. The zero-order valence-corrected chi connectivity index (χ0v) is 32.3. The molecule has 0 amide bonds. The van der Waals surface area contributed by atoms with E-state index in [1.807, 2.05) is 0 Å². The molecule has 0 heterocycles. The topological polar surface area (TPSA) is 120 Å². The third kappa shape index (κ3) is 35.8. The highest BCUT2D eigenvalue weighted by Crippen LogP contribution is 2.43. The Kier molecular flexibility index (Phi) is 34.7. The maximum absolute atomic E-state index is 12.6. The van der Waals surface area contributed by atoms with Crippen molar-refractivity contribution >= 4 is 19.8 Å². The monoisotopic (exact) mass is 713 g/mol. The number of hydrogen-bond donors (Lipinski definition) is 2. The molecule has 0 rings (SSSR count). The van der Waals surface area contributed by atoms with Gasteiger partial charge in [-0.3, -0.25) is 18.6 Å². The summed E-state index contributed by atoms with van der Waals surface area (Å²) in [5, 5.41) is 2.82. The molecule has 0 aliphatic rings. The van der Waals surface area contributed by atoms with Gasteiger partial charge in [0.05, 0.1) is 13.2 Å². The maximum atomic E-state index is 12.6. The maximum Gasteiger partial charge on any atom is 0.472 e. The number of nitrogens with one attached hydrogen (secondary N) is 1. The average molecular weight is 714 g/mol. The highest BCUT2D eigenvalue weighted by Gasteiger charge is 2.26. The van der Waals surface area contributed by atoms with E-state index in [4.69, 9.17) is 18.5 Å². The van der Waals surface area contributed by atoms with E-state index >= 15 is 0 Å². The molecule has 0 aliphatic heterocycles. The van der Waals surface area contributed by atoms with Gasteiger partial charge >= 0.3 is 19.8 Å². The van der Waals surface area contributed by atoms with Crippen LogP contribution in [0.25, 0.3) is 0 Å². The molecule has 0 saturated heterocycles. The lowest BCUT2D eigenvalue weighted by Gasteiger charge is -2.20. The molecule has 9 nitrogen and oxygen atoms in total. The van der Waals surface area contributed by atoms with E-state index in [9.17, 15) is 19.0 Å². The molecule has 2 N–H and O–H groups in total. The van der Waals surface area contributed by atoms with Crippen LogP contribution in [0.3, 0.4) is 0 Å². The molecule has 0 aliphatic carbocycles. The summed E-state index contributed by atoms with van der Waals surface area (Å²) < 4.78 is 33.0. The number of hydrogen-bond acceptors (Lipinski definition) is 8. The van der Waals surface area contributed by atoms with Crippen LogP contribution in [0, 0.1) is 0 Å². The minimum absolute atomic E-state index is 0.0202. The van der Waals surface area contributed by atoms with Gasteiger partial charge in [-0.15, -0.1) is 0 Å². The number of unbranched alkanes of at least 4 members (excludes halogenated alkanes) is 16. The van der Waals surface area contributed by atoms with Crippen molar-refractivity contribution in [2.45, 2.75) is 168 Å². The Morgan fingerprint density at radius 1 is 0.653 bits per heavy atom. The minimum atomic E-state index is -4.35. The fraction of sp³-hybridized carbons (Fsp3) is 0.795. The van der Waals surface area contributed by atoms with E-state index in [0.29, 0.717) is 13.0 Å². The van der Waals surface area contributed by atoms with Crippen molar-refractivity contribution in [1.82, 2.24) is 5.32 Å². The van der Waals surface area contributed by atoms with Crippen molar-refractivity contribution in [3.63, 3.8) is 0 Å². The second kappa shape index (κ2) is 36.0. The fourth-order valence-electron chi connectivity index (χ4n) is 5.10. The normalized spacial score (nSPS) is 13.8. The number of carbonyl (C=O) groups excluding carboxylic acids is 2. The number of allylic oxidation sites excluding steroid dienone is 6. The van der Waals surface area contributed by atoms with Gasteiger partial charge in [0.2, 0.25) is 0 Å². The molecule has 0 spiro atoms. The van der Waals surface area contributed by atoms with Gasteiger partial charge in [0.15, 0.2) is 6.10 Å². The van der Waals surface area contributed by atoms with E-state index in [0.717, 1.165) is 70.6 Å². The average Bonchev–Trinajstić information content (AvgIpc) is 3.08. The Labute approximate surface area is 299 Å². The first-order valence-corrected chi connectivity index (χ1v) is 20.9. The first-order valence-electron chi connectivity index (χ1n) is 19.4. The lowest BCUT2D eigenvalue weighted by atomic mass is 10.0. The van der Waals surface area contributed by atoms with Crippen LogP contribution in [0.1, 0.15) is 162 Å². The Hall–Kier alpha value is -1.77. The largest absolute Gasteiger partial charge is 0.472 e. The molecule has 286 valence electrons. The molecule has 0 saturated carbocycles. The molecular formula is C39H72NO8P. The molecule has 0 fully saturated rings. The van der Waals surface area contributed by atoms with Crippen LogP contribution in [0.4, 0.5) is 0 Å². The zero-order valence-electron chi connectivity index (χ0n) is 31.4. The number of carbonyl (C=O) groups is 2. The van der Waals surface area contributed by atoms with Gasteiger partial charge in [0, 0.05) is 19.4 Å². The van der Waals surface area contributed by atoms with Gasteiger partial charge < -0.3 is 19.7 Å². The van der Waals surface area contributed by atoms with Crippen molar-refractivity contribution < 1.29 is 37.6 Å². The highest BCUT2D eigenvalue weighted by molar-refractivity contribution is 7.47. The molecule has 0 radical (unpaired) electrons. The van der Waals surface area contributed by atoms with Gasteiger partial charge in [-0.2, -0.15) is 0 Å². The van der Waals surface area contributed by atoms with Crippen molar-refractivity contribution in [2.75, 3.05) is 33.4 Å². The van der Waals surface area contributed by atoms with Crippen molar-refractivity contribution in [3.05, 3.63) is 36.5 Å². The minimum Gasteiger partial charge on any atom is -0.462 e. The predicted molar refractivity (Wildman–Crippen MR) is 201 cm³/mol. The first-order chi connectivity index (χ1) is 23.8. The second-order valence-corrected chi connectivity index (χ2v) is 14.2. The quantitative estimate of drug-likeness (QED) is 0.0283. The van der Waals surface area contributed by atoms with Crippen molar-refractivity contribution in [3.8, 4) is 0 Å². The van der Waals surface area contributed by atoms with Gasteiger partial charge in [-0.25, -0.2) is 4.57 Å². The summed E-state index contributed by atoms with van der Waals surface area (Å²) in [6.45, 7) is 4.08. The Morgan fingerprint density at radius 3 is 1.73 bits per heavy atom. The van der Waals surface area contributed by atoms with Crippen molar-refractivity contribution in [2.24, 2.45) is 0 Å². The van der Waals surface area contributed by atoms with Crippen LogP contribution in [-0.4, -0.2) is 56.3 Å². The molecule has 0 aromatic carbocycles. The van der Waals surface area contributed by atoms with E-state index in [1.54, 1.807) is 7.05 Å². The van der Waals surface area contributed by atoms with Crippen LogP contribution in [0.15, 0.2) is 36.5 Å². The summed E-state index contributed by atoms with van der Waals surface area (Å²) in [5.41, 5.74) is 0. The van der Waals surface area contributed by atoms with Crippen molar-refractivity contribution in [1.29, 1.82) is 0 Å². The lowest BCUT2D eigenvalue weighted by Crippen LogP contribution is -2.29. The number of rotatable bonds is 36.